The van der Waals surface area contributed by atoms with Gasteiger partial charge in [0.1, 0.15) is 5.82 Å². The molecule has 1 aromatic heterocycles. The van der Waals surface area contributed by atoms with E-state index in [-0.39, 0.29) is 11.9 Å². The summed E-state index contributed by atoms with van der Waals surface area (Å²) < 4.78 is 15.0. The van der Waals surface area contributed by atoms with Gasteiger partial charge in [-0.1, -0.05) is 28.9 Å². The maximum atomic E-state index is 13.2. The highest BCUT2D eigenvalue weighted by Crippen LogP contribution is 2.27. The van der Waals surface area contributed by atoms with Crippen molar-refractivity contribution in [2.24, 2.45) is 0 Å². The number of hydrogen-bond donors (Lipinski definition) is 1. The average molecular weight is 402 g/mol. The molecular weight excluding hydrogens is 387 g/mol. The van der Waals surface area contributed by atoms with Gasteiger partial charge in [-0.2, -0.15) is 0 Å². The van der Waals surface area contributed by atoms with Crippen LogP contribution >= 0.6 is 31.9 Å². The molecule has 0 saturated heterocycles. The molecule has 1 unspecified atom stereocenters. The van der Waals surface area contributed by atoms with Crippen molar-refractivity contribution in [3.63, 3.8) is 0 Å². The van der Waals surface area contributed by atoms with Gasteiger partial charge in [-0.3, -0.25) is 4.98 Å². The molecule has 0 aliphatic rings. The van der Waals surface area contributed by atoms with Crippen molar-refractivity contribution in [1.82, 2.24) is 10.3 Å². The van der Waals surface area contributed by atoms with Crippen LogP contribution in [0.3, 0.4) is 0 Å². The van der Waals surface area contributed by atoms with Crippen LogP contribution in [-0.2, 0) is 6.42 Å². The molecule has 0 radical (unpaired) electrons. The monoisotopic (exact) mass is 400 g/mol. The first-order valence-electron chi connectivity index (χ1n) is 6.38. The van der Waals surface area contributed by atoms with Crippen LogP contribution in [0.25, 0.3) is 0 Å². The third-order valence-electron chi connectivity index (χ3n) is 2.99. The summed E-state index contributed by atoms with van der Waals surface area (Å²) in [6.07, 6.45) is 4.41. The lowest BCUT2D eigenvalue weighted by Gasteiger charge is -2.20. The Bertz CT molecular complexity index is 590. The number of nitrogens with zero attached hydrogens (tertiary/aromatic N) is 1. The number of rotatable bonds is 5. The first-order chi connectivity index (χ1) is 9.60. The minimum atomic E-state index is -0.236. The molecule has 0 spiro atoms. The van der Waals surface area contributed by atoms with E-state index in [9.17, 15) is 4.39 Å². The Labute approximate surface area is 135 Å². The number of aromatic nitrogens is 1. The number of nitrogens with one attached hydrogen (secondary N) is 1. The Hall–Kier alpha value is -0.780. The van der Waals surface area contributed by atoms with E-state index in [1.54, 1.807) is 6.20 Å². The Morgan fingerprint density at radius 3 is 2.70 bits per heavy atom. The Kier molecular flexibility index (Phi) is 5.69. The zero-order chi connectivity index (χ0) is 14.5. The SMILES string of the molecule is CCNC(Cc1cncc(Br)c1)c1ccc(F)cc1Br. The van der Waals surface area contributed by atoms with Crippen molar-refractivity contribution in [3.8, 4) is 0 Å². The molecule has 2 rings (SSSR count). The van der Waals surface area contributed by atoms with E-state index in [0.29, 0.717) is 0 Å². The minimum absolute atomic E-state index is 0.117. The van der Waals surface area contributed by atoms with Crippen molar-refractivity contribution in [3.05, 3.63) is 62.5 Å². The van der Waals surface area contributed by atoms with E-state index in [1.807, 2.05) is 12.3 Å². The third-order valence-corrected chi connectivity index (χ3v) is 4.11. The maximum absolute atomic E-state index is 13.2. The number of pyridine rings is 1. The van der Waals surface area contributed by atoms with Crippen molar-refractivity contribution >= 4 is 31.9 Å². The van der Waals surface area contributed by atoms with Gasteiger partial charge in [0.15, 0.2) is 0 Å². The van der Waals surface area contributed by atoms with Crippen LogP contribution < -0.4 is 5.32 Å². The van der Waals surface area contributed by atoms with E-state index in [4.69, 9.17) is 0 Å². The Balaban J connectivity index is 2.26. The summed E-state index contributed by atoms with van der Waals surface area (Å²) in [7, 11) is 0. The van der Waals surface area contributed by atoms with Crippen molar-refractivity contribution < 1.29 is 4.39 Å². The molecule has 20 heavy (non-hydrogen) atoms. The van der Waals surface area contributed by atoms with Gasteiger partial charge < -0.3 is 5.32 Å². The molecule has 0 aliphatic carbocycles. The second-order valence-corrected chi connectivity index (χ2v) is 6.26. The fraction of sp³-hybridized carbons (Fsp3) is 0.267. The minimum Gasteiger partial charge on any atom is -0.310 e. The molecule has 0 bridgehead atoms. The van der Waals surface area contributed by atoms with Crippen molar-refractivity contribution in [2.75, 3.05) is 6.54 Å². The molecule has 1 atom stereocenters. The fourth-order valence-corrected chi connectivity index (χ4v) is 3.17. The van der Waals surface area contributed by atoms with Gasteiger partial charge in [0.05, 0.1) is 0 Å². The molecule has 0 fully saturated rings. The van der Waals surface area contributed by atoms with Gasteiger partial charge in [0.2, 0.25) is 0 Å². The Morgan fingerprint density at radius 2 is 2.05 bits per heavy atom. The molecule has 106 valence electrons. The van der Waals surface area contributed by atoms with Gasteiger partial charge in [0.25, 0.3) is 0 Å². The van der Waals surface area contributed by atoms with Crippen molar-refractivity contribution in [2.45, 2.75) is 19.4 Å². The second kappa shape index (κ2) is 7.29. The highest BCUT2D eigenvalue weighted by atomic mass is 79.9. The van der Waals surface area contributed by atoms with E-state index in [1.165, 1.54) is 12.1 Å². The largest absolute Gasteiger partial charge is 0.310 e. The van der Waals surface area contributed by atoms with Crippen LogP contribution in [0.4, 0.5) is 4.39 Å². The fourth-order valence-electron chi connectivity index (χ4n) is 2.13. The van der Waals surface area contributed by atoms with Gasteiger partial charge in [0, 0.05) is 27.4 Å². The molecule has 2 nitrogen and oxygen atoms in total. The summed E-state index contributed by atoms with van der Waals surface area (Å²) in [5, 5.41) is 3.43. The summed E-state index contributed by atoms with van der Waals surface area (Å²) in [6.45, 7) is 2.90. The first kappa shape index (κ1) is 15.6. The first-order valence-corrected chi connectivity index (χ1v) is 7.96. The van der Waals surface area contributed by atoms with Crippen LogP contribution in [0.1, 0.15) is 24.1 Å². The average Bonchev–Trinajstić information content (AvgIpc) is 2.38. The van der Waals surface area contributed by atoms with Crippen LogP contribution in [0.2, 0.25) is 0 Å². The quantitative estimate of drug-likeness (QED) is 0.789. The molecule has 1 aromatic carbocycles. The number of benzene rings is 1. The van der Waals surface area contributed by atoms with Gasteiger partial charge >= 0.3 is 0 Å². The summed E-state index contributed by atoms with van der Waals surface area (Å²) in [5.74, 6) is -0.236. The topological polar surface area (TPSA) is 24.9 Å². The van der Waals surface area contributed by atoms with E-state index in [0.717, 1.165) is 33.0 Å². The zero-order valence-corrected chi connectivity index (χ0v) is 14.2. The lowest BCUT2D eigenvalue weighted by atomic mass is 10.00. The highest BCUT2D eigenvalue weighted by Gasteiger charge is 2.15. The molecule has 1 N–H and O–H groups in total. The molecule has 0 aliphatic heterocycles. The van der Waals surface area contributed by atoms with Crippen LogP contribution in [0.15, 0.2) is 45.6 Å². The third kappa shape index (κ3) is 4.11. The lowest BCUT2D eigenvalue weighted by Crippen LogP contribution is -2.23. The van der Waals surface area contributed by atoms with E-state index < -0.39 is 0 Å². The number of likely N-dealkylation sites (N-methyl/N-ethyl adjacent to an activating group) is 1. The maximum Gasteiger partial charge on any atom is 0.124 e. The molecule has 5 heteroatoms. The predicted octanol–water partition coefficient (Wildman–Crippen LogP) is 4.64. The summed E-state index contributed by atoms with van der Waals surface area (Å²) in [4.78, 5) is 4.18. The summed E-state index contributed by atoms with van der Waals surface area (Å²) >= 11 is 6.87. The van der Waals surface area contributed by atoms with Gasteiger partial charge in [-0.15, -0.1) is 0 Å². The van der Waals surface area contributed by atoms with Crippen LogP contribution in [0, 0.1) is 5.82 Å². The standard InChI is InChI=1S/C15H15Br2FN2/c1-2-20-15(6-10-5-11(16)9-19-8-10)13-4-3-12(18)7-14(13)17/h3-5,7-9,15,20H,2,6H2,1H3. The predicted molar refractivity (Wildman–Crippen MR) is 86.2 cm³/mol. The molecule has 2 aromatic rings. The molecule has 1 heterocycles. The lowest BCUT2D eigenvalue weighted by molar-refractivity contribution is 0.544. The highest BCUT2D eigenvalue weighted by molar-refractivity contribution is 9.10. The van der Waals surface area contributed by atoms with E-state index in [2.05, 4.69) is 55.2 Å². The smallest absolute Gasteiger partial charge is 0.124 e. The van der Waals surface area contributed by atoms with E-state index >= 15 is 0 Å². The summed E-state index contributed by atoms with van der Waals surface area (Å²) in [5.41, 5.74) is 2.18. The van der Waals surface area contributed by atoms with Crippen LogP contribution in [-0.4, -0.2) is 11.5 Å². The van der Waals surface area contributed by atoms with Crippen molar-refractivity contribution in [1.29, 1.82) is 0 Å². The Morgan fingerprint density at radius 1 is 1.25 bits per heavy atom. The molecule has 0 amide bonds. The zero-order valence-electron chi connectivity index (χ0n) is 11.0. The van der Waals surface area contributed by atoms with Gasteiger partial charge in [-0.25, -0.2) is 4.39 Å². The molecular formula is C15H15Br2FN2. The molecule has 0 saturated carbocycles. The van der Waals surface area contributed by atoms with Crippen LogP contribution in [0.5, 0.6) is 0 Å². The second-order valence-electron chi connectivity index (χ2n) is 4.49. The number of hydrogen-bond acceptors (Lipinski definition) is 2. The number of halogens is 3. The van der Waals surface area contributed by atoms with Gasteiger partial charge in [-0.05, 0) is 58.2 Å². The normalized spacial score (nSPS) is 12.4. The summed E-state index contributed by atoms with van der Waals surface area (Å²) in [6, 6.07) is 6.97.